The molecule has 3 rings (SSSR count). The number of para-hydroxylation sites is 1. The fourth-order valence-electron chi connectivity index (χ4n) is 2.40. The van der Waals surface area contributed by atoms with E-state index in [0.717, 1.165) is 22.3 Å². The van der Waals surface area contributed by atoms with Gasteiger partial charge in [0.2, 0.25) is 0 Å². The minimum atomic E-state index is 0.0522. The summed E-state index contributed by atoms with van der Waals surface area (Å²) >= 11 is 0. The molecule has 0 saturated carbocycles. The lowest BCUT2D eigenvalue weighted by atomic mass is 10.1. The number of fused-ring (bicyclic) bond motifs is 1. The third-order valence-electron chi connectivity index (χ3n) is 3.31. The minimum absolute atomic E-state index is 0.0522. The van der Waals surface area contributed by atoms with E-state index in [1.165, 1.54) is 0 Å². The van der Waals surface area contributed by atoms with Gasteiger partial charge in [0.05, 0.1) is 11.2 Å². The molecule has 0 amide bonds. The average molecular weight is 281 g/mol. The Morgan fingerprint density at radius 2 is 2.00 bits per heavy atom. The monoisotopic (exact) mass is 281 g/mol. The van der Waals surface area contributed by atoms with Gasteiger partial charge in [0.15, 0.2) is 11.7 Å². The van der Waals surface area contributed by atoms with E-state index in [0.29, 0.717) is 11.4 Å². The van der Waals surface area contributed by atoms with Crippen molar-refractivity contribution >= 4 is 16.7 Å². The highest BCUT2D eigenvalue weighted by molar-refractivity contribution is 6.08. The number of pyridine rings is 1. The Bertz CT molecular complexity index is 850. The molecule has 0 saturated heterocycles. The van der Waals surface area contributed by atoms with E-state index in [1.807, 2.05) is 44.2 Å². The zero-order chi connectivity index (χ0) is 15.0. The quantitative estimate of drug-likeness (QED) is 0.326. The van der Waals surface area contributed by atoms with Crippen molar-refractivity contribution in [2.45, 2.75) is 13.8 Å². The van der Waals surface area contributed by atoms with Crippen molar-refractivity contribution < 1.29 is 5.21 Å². The molecule has 106 valence electrons. The molecule has 0 spiro atoms. The van der Waals surface area contributed by atoms with Gasteiger partial charge in [0, 0.05) is 16.6 Å². The molecule has 0 aliphatic rings. The van der Waals surface area contributed by atoms with Gasteiger partial charge in [-0.3, -0.25) is 0 Å². The number of benzene rings is 1. The largest absolute Gasteiger partial charge is 0.409 e. The van der Waals surface area contributed by atoms with Gasteiger partial charge in [-0.05, 0) is 32.0 Å². The second-order valence-electron chi connectivity index (χ2n) is 4.87. The predicted octanol–water partition coefficient (Wildman–Crippen LogP) is 2.13. The first-order valence-electron chi connectivity index (χ1n) is 6.51. The van der Waals surface area contributed by atoms with Crippen molar-refractivity contribution in [3.63, 3.8) is 0 Å². The topological polar surface area (TPSA) is 89.3 Å². The molecule has 21 heavy (non-hydrogen) atoms. The first kappa shape index (κ1) is 13.1. The van der Waals surface area contributed by atoms with Crippen LogP contribution in [0.25, 0.3) is 16.7 Å². The molecule has 0 aliphatic heterocycles. The third-order valence-corrected chi connectivity index (χ3v) is 3.31. The summed E-state index contributed by atoms with van der Waals surface area (Å²) in [5, 5.41) is 17.4. The van der Waals surface area contributed by atoms with Crippen molar-refractivity contribution in [2.75, 3.05) is 0 Å². The second-order valence-corrected chi connectivity index (χ2v) is 4.87. The lowest BCUT2D eigenvalue weighted by Gasteiger charge is -2.09. The summed E-state index contributed by atoms with van der Waals surface area (Å²) in [6.07, 6.45) is 0. The van der Waals surface area contributed by atoms with Crippen molar-refractivity contribution in [3.8, 4) is 5.82 Å². The van der Waals surface area contributed by atoms with Crippen LogP contribution in [0.3, 0.4) is 0 Å². The molecule has 2 aromatic heterocycles. The highest BCUT2D eigenvalue weighted by Crippen LogP contribution is 2.21. The number of hydrogen-bond donors (Lipinski definition) is 2. The van der Waals surface area contributed by atoms with Crippen LogP contribution < -0.4 is 5.73 Å². The van der Waals surface area contributed by atoms with Crippen LogP contribution in [0.5, 0.6) is 0 Å². The van der Waals surface area contributed by atoms with E-state index in [4.69, 9.17) is 10.9 Å². The molecule has 2 heterocycles. The van der Waals surface area contributed by atoms with Crippen LogP contribution in [0.1, 0.15) is 17.0 Å². The standard InChI is InChI=1S/C15H15N5O/c1-9-7-10(2)20(18-9)14-8-12(15(16)19-21)11-5-3-4-6-13(11)17-14/h3-8,21H,1-2H3,(H2,16,19). The van der Waals surface area contributed by atoms with Crippen LogP contribution in [0.4, 0.5) is 0 Å². The van der Waals surface area contributed by atoms with Gasteiger partial charge < -0.3 is 10.9 Å². The van der Waals surface area contributed by atoms with E-state index < -0.39 is 0 Å². The molecule has 3 N–H and O–H groups in total. The SMILES string of the molecule is Cc1cc(C)n(-c2cc(C(N)=NO)c3ccccc3n2)n1. The molecule has 1 aromatic carbocycles. The van der Waals surface area contributed by atoms with Gasteiger partial charge in [-0.25, -0.2) is 9.67 Å². The van der Waals surface area contributed by atoms with Crippen LogP contribution in [-0.2, 0) is 0 Å². The van der Waals surface area contributed by atoms with E-state index in [1.54, 1.807) is 10.7 Å². The first-order chi connectivity index (χ1) is 10.1. The predicted molar refractivity (Wildman–Crippen MR) is 80.8 cm³/mol. The minimum Gasteiger partial charge on any atom is -0.409 e. The van der Waals surface area contributed by atoms with Crippen LogP contribution in [0.15, 0.2) is 41.6 Å². The second kappa shape index (κ2) is 4.90. The maximum Gasteiger partial charge on any atom is 0.170 e. The van der Waals surface area contributed by atoms with Gasteiger partial charge >= 0.3 is 0 Å². The molecule has 0 radical (unpaired) electrons. The Kier molecular flexibility index (Phi) is 3.06. The fourth-order valence-corrected chi connectivity index (χ4v) is 2.40. The van der Waals surface area contributed by atoms with E-state index in [9.17, 15) is 0 Å². The smallest absolute Gasteiger partial charge is 0.170 e. The normalized spacial score (nSPS) is 12.0. The van der Waals surface area contributed by atoms with Crippen LogP contribution in [0, 0.1) is 13.8 Å². The number of nitrogens with two attached hydrogens (primary N) is 1. The van der Waals surface area contributed by atoms with Gasteiger partial charge in [-0.1, -0.05) is 23.4 Å². The summed E-state index contributed by atoms with van der Waals surface area (Å²) in [7, 11) is 0. The maximum atomic E-state index is 8.99. The van der Waals surface area contributed by atoms with Crippen LogP contribution >= 0.6 is 0 Å². The summed E-state index contributed by atoms with van der Waals surface area (Å²) in [5.41, 5.74) is 9.07. The van der Waals surface area contributed by atoms with Gasteiger partial charge in [-0.2, -0.15) is 5.10 Å². The molecule has 3 aromatic rings. The first-order valence-corrected chi connectivity index (χ1v) is 6.51. The fraction of sp³-hybridized carbons (Fsp3) is 0.133. The van der Waals surface area contributed by atoms with Crippen LogP contribution in [-0.4, -0.2) is 25.8 Å². The molecule has 0 unspecified atom stereocenters. The Morgan fingerprint density at radius 1 is 1.24 bits per heavy atom. The summed E-state index contributed by atoms with van der Waals surface area (Å²) < 4.78 is 1.75. The van der Waals surface area contributed by atoms with Gasteiger partial charge in [0.1, 0.15) is 0 Å². The Labute approximate surface area is 121 Å². The number of aromatic nitrogens is 3. The van der Waals surface area contributed by atoms with Crippen molar-refractivity contribution in [1.82, 2.24) is 14.8 Å². The van der Waals surface area contributed by atoms with Crippen molar-refractivity contribution in [3.05, 3.63) is 53.3 Å². The molecular weight excluding hydrogens is 266 g/mol. The molecule has 0 atom stereocenters. The van der Waals surface area contributed by atoms with Gasteiger partial charge in [-0.15, -0.1) is 0 Å². The average Bonchev–Trinajstić information content (AvgIpc) is 2.84. The lowest BCUT2D eigenvalue weighted by Crippen LogP contribution is -2.15. The van der Waals surface area contributed by atoms with E-state index in [-0.39, 0.29) is 5.84 Å². The van der Waals surface area contributed by atoms with Crippen molar-refractivity contribution in [1.29, 1.82) is 0 Å². The summed E-state index contributed by atoms with van der Waals surface area (Å²) in [4.78, 5) is 4.61. The third kappa shape index (κ3) is 2.20. The number of hydrogen-bond acceptors (Lipinski definition) is 4. The Balaban J connectivity index is 2.33. The summed E-state index contributed by atoms with van der Waals surface area (Å²) in [6, 6.07) is 11.3. The Morgan fingerprint density at radius 3 is 2.67 bits per heavy atom. The highest BCUT2D eigenvalue weighted by Gasteiger charge is 2.12. The van der Waals surface area contributed by atoms with E-state index >= 15 is 0 Å². The Hall–Kier alpha value is -2.89. The number of oxime groups is 1. The molecule has 6 heteroatoms. The maximum absolute atomic E-state index is 8.99. The molecule has 0 fully saturated rings. The summed E-state index contributed by atoms with van der Waals surface area (Å²) in [5.74, 6) is 0.692. The zero-order valence-electron chi connectivity index (χ0n) is 11.8. The van der Waals surface area contributed by atoms with Gasteiger partial charge in [0.25, 0.3) is 0 Å². The zero-order valence-corrected chi connectivity index (χ0v) is 11.8. The van der Waals surface area contributed by atoms with Crippen molar-refractivity contribution in [2.24, 2.45) is 10.9 Å². The highest BCUT2D eigenvalue weighted by atomic mass is 16.4. The number of aryl methyl sites for hydroxylation is 2. The molecule has 0 bridgehead atoms. The lowest BCUT2D eigenvalue weighted by molar-refractivity contribution is 0.318. The molecule has 6 nitrogen and oxygen atoms in total. The molecule has 0 aliphatic carbocycles. The van der Waals surface area contributed by atoms with E-state index in [2.05, 4.69) is 15.2 Å². The number of nitrogens with zero attached hydrogens (tertiary/aromatic N) is 4. The molecular formula is C15H15N5O. The summed E-state index contributed by atoms with van der Waals surface area (Å²) in [6.45, 7) is 3.88. The number of amidine groups is 1. The number of rotatable bonds is 2. The van der Waals surface area contributed by atoms with Crippen LogP contribution in [0.2, 0.25) is 0 Å².